The third-order valence-corrected chi connectivity index (χ3v) is 5.31. The van der Waals surface area contributed by atoms with Crippen molar-refractivity contribution in [1.29, 1.82) is 0 Å². The van der Waals surface area contributed by atoms with Gasteiger partial charge in [0.25, 0.3) is 0 Å². The van der Waals surface area contributed by atoms with Crippen LogP contribution in [0.3, 0.4) is 0 Å². The number of rotatable bonds is 8. The molecule has 0 radical (unpaired) electrons. The Morgan fingerprint density at radius 1 is 0.647 bits per heavy atom. The van der Waals surface area contributed by atoms with Crippen molar-refractivity contribution in [2.45, 2.75) is 25.9 Å². The van der Waals surface area contributed by atoms with Gasteiger partial charge in [0.05, 0.1) is 26.3 Å². The third kappa shape index (κ3) is 6.90. The van der Waals surface area contributed by atoms with Crippen LogP contribution in [0.1, 0.15) is 37.1 Å². The van der Waals surface area contributed by atoms with Gasteiger partial charge < -0.3 is 30.7 Å². The molecule has 0 saturated heterocycles. The number of hydrogen-bond donors (Lipinski definition) is 4. The van der Waals surface area contributed by atoms with Crippen LogP contribution in [0.5, 0.6) is 11.5 Å². The Morgan fingerprint density at radius 3 is 1.38 bits per heavy atom. The molecule has 0 aliphatic rings. The van der Waals surface area contributed by atoms with Crippen LogP contribution in [0, 0.1) is 0 Å². The van der Waals surface area contributed by atoms with Gasteiger partial charge in [0, 0.05) is 11.4 Å². The van der Waals surface area contributed by atoms with Crippen molar-refractivity contribution in [2.75, 3.05) is 24.9 Å². The van der Waals surface area contributed by atoms with Crippen LogP contribution >= 0.6 is 0 Å². The van der Waals surface area contributed by atoms with Gasteiger partial charge in [-0.05, 0) is 67.4 Å². The number of benzene rings is 3. The fourth-order valence-corrected chi connectivity index (χ4v) is 3.35. The number of carbonyl (C=O) groups is 2. The number of hydrogen-bond acceptors (Lipinski definition) is 4. The van der Waals surface area contributed by atoms with E-state index in [1.54, 1.807) is 38.5 Å². The second-order valence-corrected chi connectivity index (χ2v) is 7.77. The van der Waals surface area contributed by atoms with Crippen molar-refractivity contribution in [2.24, 2.45) is 0 Å². The minimum Gasteiger partial charge on any atom is -0.497 e. The average Bonchev–Trinajstić information content (AvgIpc) is 2.84. The molecule has 2 atom stereocenters. The highest BCUT2D eigenvalue weighted by atomic mass is 16.5. The molecule has 4 N–H and O–H groups in total. The summed E-state index contributed by atoms with van der Waals surface area (Å²) in [5.74, 6) is 1.51. The van der Waals surface area contributed by atoms with E-state index in [4.69, 9.17) is 9.47 Å². The highest BCUT2D eigenvalue weighted by Crippen LogP contribution is 2.20. The molecule has 0 fully saturated rings. The van der Waals surface area contributed by atoms with E-state index < -0.39 is 0 Å². The van der Waals surface area contributed by atoms with Crippen LogP contribution in [-0.2, 0) is 0 Å². The second-order valence-electron chi connectivity index (χ2n) is 7.77. The molecule has 3 aromatic rings. The summed E-state index contributed by atoms with van der Waals surface area (Å²) >= 11 is 0. The second kappa shape index (κ2) is 11.6. The van der Waals surface area contributed by atoms with E-state index in [2.05, 4.69) is 21.3 Å². The van der Waals surface area contributed by atoms with E-state index in [-0.39, 0.29) is 24.1 Å². The van der Waals surface area contributed by atoms with Crippen molar-refractivity contribution in [3.63, 3.8) is 0 Å². The molecule has 0 aliphatic carbocycles. The topological polar surface area (TPSA) is 101 Å². The van der Waals surface area contributed by atoms with Crippen molar-refractivity contribution in [3.8, 4) is 11.5 Å². The van der Waals surface area contributed by atoms with Crippen LogP contribution < -0.4 is 30.7 Å². The summed E-state index contributed by atoms with van der Waals surface area (Å²) in [7, 11) is 3.22. The van der Waals surface area contributed by atoms with Crippen LogP contribution in [-0.4, -0.2) is 26.3 Å². The first-order valence-electron chi connectivity index (χ1n) is 10.9. The summed E-state index contributed by atoms with van der Waals surface area (Å²) in [6.45, 7) is 3.79. The Balaban J connectivity index is 1.52. The van der Waals surface area contributed by atoms with Gasteiger partial charge in [0.15, 0.2) is 0 Å². The minimum absolute atomic E-state index is 0.197. The molecule has 0 spiro atoms. The van der Waals surface area contributed by atoms with E-state index >= 15 is 0 Å². The first kappa shape index (κ1) is 24.4. The van der Waals surface area contributed by atoms with Gasteiger partial charge in [-0.25, -0.2) is 9.59 Å². The van der Waals surface area contributed by atoms with Gasteiger partial charge >= 0.3 is 12.1 Å². The van der Waals surface area contributed by atoms with E-state index in [0.717, 1.165) is 22.6 Å². The van der Waals surface area contributed by atoms with Gasteiger partial charge in [0.1, 0.15) is 11.5 Å². The molecule has 0 saturated carbocycles. The summed E-state index contributed by atoms with van der Waals surface area (Å²) in [6.07, 6.45) is 0. The number of carbonyl (C=O) groups excluding carboxylic acids is 2. The summed E-state index contributed by atoms with van der Waals surface area (Å²) in [5, 5.41) is 11.4. The Hall–Kier alpha value is -4.20. The van der Waals surface area contributed by atoms with Crippen LogP contribution in [0.15, 0.2) is 72.8 Å². The van der Waals surface area contributed by atoms with E-state index in [9.17, 15) is 9.59 Å². The van der Waals surface area contributed by atoms with Crippen molar-refractivity contribution < 1.29 is 19.1 Å². The molecule has 0 aliphatic heterocycles. The zero-order valence-corrected chi connectivity index (χ0v) is 19.7. The van der Waals surface area contributed by atoms with E-state index in [1.165, 1.54) is 0 Å². The Morgan fingerprint density at radius 2 is 1.03 bits per heavy atom. The predicted molar refractivity (Wildman–Crippen MR) is 134 cm³/mol. The Bertz CT molecular complexity index is 1020. The fraction of sp³-hybridized carbons (Fsp3) is 0.231. The summed E-state index contributed by atoms with van der Waals surface area (Å²) in [6, 6.07) is 20.9. The molecule has 0 aromatic heterocycles. The van der Waals surface area contributed by atoms with E-state index in [0.29, 0.717) is 11.4 Å². The average molecular weight is 463 g/mol. The molecule has 8 heteroatoms. The maximum Gasteiger partial charge on any atom is 0.319 e. The molecule has 178 valence electrons. The number of methoxy groups -OCH3 is 2. The maximum absolute atomic E-state index is 12.4. The quantitative estimate of drug-likeness (QED) is 0.357. The van der Waals surface area contributed by atoms with Crippen molar-refractivity contribution in [3.05, 3.63) is 83.9 Å². The molecule has 0 heterocycles. The Kier molecular flexibility index (Phi) is 8.34. The molecule has 8 nitrogen and oxygen atoms in total. The summed E-state index contributed by atoms with van der Waals surface area (Å²) in [4.78, 5) is 24.9. The number of amides is 4. The lowest BCUT2D eigenvalue weighted by Crippen LogP contribution is -2.32. The van der Waals surface area contributed by atoms with Gasteiger partial charge in [-0.1, -0.05) is 30.3 Å². The fourth-order valence-electron chi connectivity index (χ4n) is 3.35. The van der Waals surface area contributed by atoms with Gasteiger partial charge in [0.2, 0.25) is 0 Å². The molecule has 0 bridgehead atoms. The highest BCUT2D eigenvalue weighted by molar-refractivity contribution is 5.93. The zero-order valence-electron chi connectivity index (χ0n) is 19.7. The Labute approximate surface area is 199 Å². The number of nitrogens with one attached hydrogen (secondary N) is 4. The maximum atomic E-state index is 12.4. The molecule has 0 unspecified atom stereocenters. The van der Waals surface area contributed by atoms with E-state index in [1.807, 2.05) is 62.4 Å². The number of anilines is 2. The lowest BCUT2D eigenvalue weighted by molar-refractivity contribution is 0.248. The van der Waals surface area contributed by atoms with Crippen molar-refractivity contribution >= 4 is 23.4 Å². The molecule has 34 heavy (non-hydrogen) atoms. The van der Waals surface area contributed by atoms with Crippen molar-refractivity contribution in [1.82, 2.24) is 10.6 Å². The molecule has 3 rings (SSSR count). The third-order valence-electron chi connectivity index (χ3n) is 5.31. The predicted octanol–water partition coefficient (Wildman–Crippen LogP) is 5.47. The van der Waals surface area contributed by atoms with Crippen LogP contribution in [0.2, 0.25) is 0 Å². The van der Waals surface area contributed by atoms with Gasteiger partial charge in [-0.2, -0.15) is 0 Å². The summed E-state index contributed by atoms with van der Waals surface area (Å²) < 4.78 is 10.3. The first-order valence-corrected chi connectivity index (χ1v) is 10.9. The SMILES string of the molecule is COc1ccc([C@H](C)NC(=O)Nc2cccc(NC(=O)N[C@H](C)c3ccc(OC)cc3)c2)cc1. The standard InChI is InChI=1S/C26H30N4O4/c1-17(19-8-12-23(33-3)13-9-19)27-25(31)29-21-6-5-7-22(16-21)30-26(32)28-18(2)20-10-14-24(34-4)15-11-20/h5-18H,1-4H3,(H2,27,29,31)(H2,28,30,32)/t17-,18+. The molecule has 3 aromatic carbocycles. The number of urea groups is 2. The normalized spacial score (nSPS) is 12.1. The summed E-state index contributed by atoms with van der Waals surface area (Å²) in [5.41, 5.74) is 3.02. The molecular formula is C26H30N4O4. The van der Waals surface area contributed by atoms with Gasteiger partial charge in [-0.15, -0.1) is 0 Å². The minimum atomic E-state index is -0.349. The molecular weight excluding hydrogens is 432 g/mol. The lowest BCUT2D eigenvalue weighted by Gasteiger charge is -2.17. The van der Waals surface area contributed by atoms with Gasteiger partial charge in [-0.3, -0.25) is 0 Å². The highest BCUT2D eigenvalue weighted by Gasteiger charge is 2.12. The lowest BCUT2D eigenvalue weighted by atomic mass is 10.1. The zero-order chi connectivity index (χ0) is 24.5. The monoisotopic (exact) mass is 462 g/mol. The molecule has 4 amide bonds. The number of ether oxygens (including phenoxy) is 2. The van der Waals surface area contributed by atoms with Crippen LogP contribution in [0.4, 0.5) is 21.0 Å². The van der Waals surface area contributed by atoms with Crippen LogP contribution in [0.25, 0.3) is 0 Å². The largest absolute Gasteiger partial charge is 0.497 e. The smallest absolute Gasteiger partial charge is 0.319 e. The first-order chi connectivity index (χ1) is 16.4.